The molecule has 6 nitrogen and oxygen atoms in total. The zero-order chi connectivity index (χ0) is 26.1. The Hall–Kier alpha value is -4.26. The van der Waals surface area contributed by atoms with Gasteiger partial charge in [-0.25, -0.2) is 9.69 Å². The van der Waals surface area contributed by atoms with Crippen molar-refractivity contribution in [3.8, 4) is 0 Å². The number of anilines is 1. The fourth-order valence-electron chi connectivity index (χ4n) is 4.07. The molecular weight excluding hydrogens is 513 g/mol. The number of ether oxygens (including phenoxy) is 1. The van der Waals surface area contributed by atoms with Crippen molar-refractivity contribution in [1.82, 2.24) is 0 Å². The van der Waals surface area contributed by atoms with Crippen LogP contribution in [0.25, 0.3) is 0 Å². The Kier molecular flexibility index (Phi) is 6.61. The van der Waals surface area contributed by atoms with Crippen molar-refractivity contribution >= 4 is 52.5 Å². The summed E-state index contributed by atoms with van der Waals surface area (Å²) in [5, 5.41) is 0.298. The highest BCUT2D eigenvalue weighted by molar-refractivity contribution is 6.44. The zero-order valence-corrected chi connectivity index (χ0v) is 20.6. The van der Waals surface area contributed by atoms with Crippen molar-refractivity contribution in [2.75, 3.05) is 4.90 Å². The molecular formula is C29H17Cl2NO5. The number of hydrogen-bond acceptors (Lipinski definition) is 5. The minimum absolute atomic E-state index is 0.0620. The lowest BCUT2D eigenvalue weighted by Crippen LogP contribution is -2.29. The molecule has 5 rings (SSSR count). The first-order valence-corrected chi connectivity index (χ1v) is 11.9. The van der Waals surface area contributed by atoms with Gasteiger partial charge in [0.2, 0.25) is 5.78 Å². The van der Waals surface area contributed by atoms with Crippen molar-refractivity contribution in [2.45, 2.75) is 6.10 Å². The molecule has 0 fully saturated rings. The Bertz CT molecular complexity index is 1510. The molecule has 0 unspecified atom stereocenters. The van der Waals surface area contributed by atoms with E-state index >= 15 is 0 Å². The molecule has 0 saturated carbocycles. The van der Waals surface area contributed by atoms with E-state index in [4.69, 9.17) is 27.9 Å². The van der Waals surface area contributed by atoms with Crippen LogP contribution in [0.2, 0.25) is 10.0 Å². The molecule has 182 valence electrons. The van der Waals surface area contributed by atoms with Crippen LogP contribution in [-0.4, -0.2) is 23.6 Å². The summed E-state index contributed by atoms with van der Waals surface area (Å²) in [6, 6.07) is 25.8. The van der Waals surface area contributed by atoms with E-state index in [1.54, 1.807) is 60.7 Å². The number of hydrogen-bond donors (Lipinski definition) is 0. The molecule has 0 radical (unpaired) electrons. The molecule has 4 aromatic rings. The van der Waals surface area contributed by atoms with Gasteiger partial charge in [0.15, 0.2) is 6.10 Å². The van der Waals surface area contributed by atoms with E-state index < -0.39 is 23.9 Å². The van der Waals surface area contributed by atoms with Crippen molar-refractivity contribution in [3.63, 3.8) is 0 Å². The second-order valence-corrected chi connectivity index (χ2v) is 9.05. The third kappa shape index (κ3) is 4.65. The second-order valence-electron chi connectivity index (χ2n) is 8.23. The predicted octanol–water partition coefficient (Wildman–Crippen LogP) is 6.58. The number of Topliss-reactive ketones (excluding diaryl/α,β-unsaturated/α-hetero) is 1. The molecule has 0 N–H and O–H groups in total. The molecule has 4 aromatic carbocycles. The van der Waals surface area contributed by atoms with Gasteiger partial charge in [0.05, 0.1) is 32.4 Å². The molecule has 1 aliphatic rings. The number of imide groups is 1. The number of fused-ring (bicyclic) bond motifs is 1. The largest absolute Gasteiger partial charge is 0.445 e. The highest BCUT2D eigenvalue weighted by atomic mass is 35.5. The first-order chi connectivity index (χ1) is 17.8. The summed E-state index contributed by atoms with van der Waals surface area (Å²) in [5.41, 5.74) is 1.36. The fourth-order valence-corrected chi connectivity index (χ4v) is 4.40. The van der Waals surface area contributed by atoms with E-state index in [2.05, 4.69) is 0 Å². The van der Waals surface area contributed by atoms with Crippen LogP contribution in [0.1, 0.15) is 53.1 Å². The normalized spacial score (nSPS) is 13.3. The van der Waals surface area contributed by atoms with Gasteiger partial charge in [-0.3, -0.25) is 14.4 Å². The van der Waals surface area contributed by atoms with Gasteiger partial charge in [-0.1, -0.05) is 89.9 Å². The molecule has 0 bridgehead atoms. The van der Waals surface area contributed by atoms with E-state index in [1.165, 1.54) is 36.4 Å². The minimum atomic E-state index is -1.19. The lowest BCUT2D eigenvalue weighted by molar-refractivity contribution is 0.0280. The van der Waals surface area contributed by atoms with E-state index in [1.807, 2.05) is 0 Å². The average Bonchev–Trinajstić information content (AvgIpc) is 3.16. The van der Waals surface area contributed by atoms with Crippen molar-refractivity contribution in [2.24, 2.45) is 0 Å². The zero-order valence-electron chi connectivity index (χ0n) is 19.1. The van der Waals surface area contributed by atoms with E-state index in [9.17, 15) is 19.2 Å². The maximum absolute atomic E-state index is 13.3. The first-order valence-electron chi connectivity index (χ1n) is 11.2. The minimum Gasteiger partial charge on any atom is -0.445 e. The van der Waals surface area contributed by atoms with Crippen molar-refractivity contribution < 1.29 is 23.9 Å². The van der Waals surface area contributed by atoms with Crippen molar-refractivity contribution in [1.29, 1.82) is 0 Å². The topological polar surface area (TPSA) is 80.8 Å². The molecule has 8 heteroatoms. The summed E-state index contributed by atoms with van der Waals surface area (Å²) in [6.45, 7) is 0. The van der Waals surface area contributed by atoms with Crippen LogP contribution in [0.3, 0.4) is 0 Å². The van der Waals surface area contributed by atoms with Crippen LogP contribution in [0, 0.1) is 0 Å². The van der Waals surface area contributed by atoms with Gasteiger partial charge in [-0.2, -0.15) is 0 Å². The Morgan fingerprint density at radius 3 is 1.81 bits per heavy atom. The number of esters is 1. The highest BCUT2D eigenvalue weighted by Gasteiger charge is 2.38. The number of rotatable bonds is 6. The highest BCUT2D eigenvalue weighted by Crippen LogP contribution is 2.34. The standard InChI is InChI=1S/C29H17Cl2NO5/c30-23-15-21-22(16-24(23)31)28(35)32(27(21)34)20-13-7-12-19(14-20)29(36)37-26(18-10-5-2-6-11-18)25(33)17-8-3-1-4-9-17/h1-16,26H/t26-/m1/s1. The maximum Gasteiger partial charge on any atom is 0.339 e. The van der Waals surface area contributed by atoms with Gasteiger partial charge in [0.25, 0.3) is 11.8 Å². The van der Waals surface area contributed by atoms with Gasteiger partial charge in [0.1, 0.15) is 0 Å². The summed E-state index contributed by atoms with van der Waals surface area (Å²) < 4.78 is 5.69. The molecule has 2 amide bonds. The fraction of sp³-hybridized carbons (Fsp3) is 0.0345. The van der Waals surface area contributed by atoms with Gasteiger partial charge in [0, 0.05) is 11.1 Å². The number of carbonyl (C=O) groups is 4. The summed E-state index contributed by atoms with van der Waals surface area (Å²) in [4.78, 5) is 53.4. The predicted molar refractivity (Wildman–Crippen MR) is 139 cm³/mol. The summed E-state index contributed by atoms with van der Waals surface area (Å²) >= 11 is 12.1. The summed E-state index contributed by atoms with van der Waals surface area (Å²) in [5.74, 6) is -2.36. The number of ketones is 1. The molecule has 0 saturated heterocycles. The van der Waals surface area contributed by atoms with Crippen LogP contribution in [0.4, 0.5) is 5.69 Å². The quantitative estimate of drug-likeness (QED) is 0.160. The maximum atomic E-state index is 13.3. The molecule has 1 aliphatic heterocycles. The molecule has 37 heavy (non-hydrogen) atoms. The van der Waals surface area contributed by atoms with E-state index in [0.29, 0.717) is 11.1 Å². The average molecular weight is 530 g/mol. The molecule has 0 aromatic heterocycles. The summed E-state index contributed by atoms with van der Waals surface area (Å²) in [7, 11) is 0. The molecule has 1 heterocycles. The van der Waals surface area contributed by atoms with Crippen LogP contribution < -0.4 is 4.90 Å². The lowest BCUT2D eigenvalue weighted by atomic mass is 9.99. The smallest absolute Gasteiger partial charge is 0.339 e. The number of amides is 2. The van der Waals surface area contributed by atoms with Gasteiger partial charge in [-0.15, -0.1) is 0 Å². The second kappa shape index (κ2) is 10.0. The SMILES string of the molecule is O=C(O[C@@H](C(=O)c1ccccc1)c1ccccc1)c1cccc(N2C(=O)c3cc(Cl)c(Cl)cc3C2=O)c1. The summed E-state index contributed by atoms with van der Waals surface area (Å²) in [6.07, 6.45) is -1.19. The Balaban J connectivity index is 1.45. The number of halogens is 2. The molecule has 0 aliphatic carbocycles. The van der Waals surface area contributed by atoms with Crippen LogP contribution >= 0.6 is 23.2 Å². The lowest BCUT2D eigenvalue weighted by Gasteiger charge is -2.19. The van der Waals surface area contributed by atoms with Crippen LogP contribution in [-0.2, 0) is 4.74 Å². The van der Waals surface area contributed by atoms with Gasteiger partial charge in [-0.05, 0) is 30.3 Å². The van der Waals surface area contributed by atoms with Gasteiger partial charge < -0.3 is 4.74 Å². The molecule has 0 spiro atoms. The van der Waals surface area contributed by atoms with Crippen molar-refractivity contribution in [3.05, 3.63) is 135 Å². The third-order valence-electron chi connectivity index (χ3n) is 5.89. The Morgan fingerprint density at radius 1 is 0.676 bits per heavy atom. The first kappa shape index (κ1) is 24.4. The number of carbonyl (C=O) groups excluding carboxylic acids is 4. The Labute approximate surface area is 222 Å². The van der Waals surface area contributed by atoms with Crippen LogP contribution in [0.15, 0.2) is 97.1 Å². The Morgan fingerprint density at radius 2 is 1.22 bits per heavy atom. The molecule has 1 atom stereocenters. The third-order valence-corrected chi connectivity index (χ3v) is 6.61. The van der Waals surface area contributed by atoms with Gasteiger partial charge >= 0.3 is 5.97 Å². The monoisotopic (exact) mass is 529 g/mol. The van der Waals surface area contributed by atoms with E-state index in [-0.39, 0.29) is 38.2 Å². The number of benzene rings is 4. The van der Waals surface area contributed by atoms with E-state index in [0.717, 1.165) is 4.90 Å². The number of nitrogens with zero attached hydrogens (tertiary/aromatic N) is 1. The van der Waals surface area contributed by atoms with Crippen LogP contribution in [0.5, 0.6) is 0 Å².